The number of Topliss-reactive ketones (excluding diaryl/α,β-unsaturated/α-hetero) is 1. The number of aromatic amines is 1. The minimum Gasteiger partial charge on any atom is -0.497 e. The van der Waals surface area contributed by atoms with Gasteiger partial charge in [0.05, 0.1) is 12.9 Å². The van der Waals surface area contributed by atoms with Crippen LogP contribution in [0.25, 0.3) is 11.4 Å². The lowest BCUT2D eigenvalue weighted by atomic mass is 9.95. The van der Waals surface area contributed by atoms with Gasteiger partial charge in [0.25, 0.3) is 0 Å². The monoisotopic (exact) mass is 424 g/mol. The van der Waals surface area contributed by atoms with Crippen LogP contribution in [-0.4, -0.2) is 38.4 Å². The van der Waals surface area contributed by atoms with Gasteiger partial charge in [-0.2, -0.15) is 0 Å². The highest BCUT2D eigenvalue weighted by atomic mass is 32.2. The van der Waals surface area contributed by atoms with Crippen molar-refractivity contribution in [2.75, 3.05) is 12.9 Å². The third kappa shape index (κ3) is 4.31. The Morgan fingerprint density at radius 3 is 2.53 bits per heavy atom. The number of thioether (sulfide) groups is 1. The topological polar surface area (TPSA) is 72.8 Å². The molecule has 4 rings (SSSR count). The first-order valence-corrected chi connectivity index (χ1v) is 11.5. The number of rotatable bonds is 7. The van der Waals surface area contributed by atoms with Gasteiger partial charge in [0.2, 0.25) is 0 Å². The zero-order valence-electron chi connectivity index (χ0n) is 17.8. The molecule has 2 aromatic heterocycles. The summed E-state index contributed by atoms with van der Waals surface area (Å²) in [5.74, 6) is 2.16. The van der Waals surface area contributed by atoms with E-state index in [9.17, 15) is 4.79 Å². The normalized spacial score (nSPS) is 14.8. The van der Waals surface area contributed by atoms with Crippen molar-refractivity contribution < 1.29 is 9.53 Å². The molecule has 0 atom stereocenters. The van der Waals surface area contributed by atoms with Crippen molar-refractivity contribution in [1.82, 2.24) is 19.7 Å². The number of aromatic nitrogens is 4. The quantitative estimate of drug-likeness (QED) is 0.407. The lowest BCUT2D eigenvalue weighted by Gasteiger charge is -2.25. The van der Waals surface area contributed by atoms with Gasteiger partial charge in [-0.25, -0.2) is 0 Å². The van der Waals surface area contributed by atoms with Gasteiger partial charge in [0, 0.05) is 28.6 Å². The number of hydrogen-bond acceptors (Lipinski definition) is 5. The molecule has 7 heteroatoms. The number of methoxy groups -OCH3 is 1. The van der Waals surface area contributed by atoms with Gasteiger partial charge in [0.1, 0.15) is 5.75 Å². The Morgan fingerprint density at radius 1 is 1.17 bits per heavy atom. The lowest BCUT2D eigenvalue weighted by Crippen LogP contribution is -2.15. The maximum Gasteiger partial charge on any atom is 0.192 e. The predicted molar refractivity (Wildman–Crippen MR) is 119 cm³/mol. The van der Waals surface area contributed by atoms with Crippen molar-refractivity contribution in [2.45, 2.75) is 57.1 Å². The van der Waals surface area contributed by atoms with E-state index in [-0.39, 0.29) is 5.78 Å². The van der Waals surface area contributed by atoms with Crippen LogP contribution in [0.1, 0.15) is 59.9 Å². The SMILES string of the molecule is COc1ccc(-c2nnc(SCC(=O)c3cc(C)[nH]c3C)n2C2CCCCC2)cc1. The smallest absolute Gasteiger partial charge is 0.192 e. The molecular formula is C23H28N4O2S. The van der Waals surface area contributed by atoms with E-state index in [2.05, 4.69) is 19.7 Å². The molecule has 0 saturated heterocycles. The van der Waals surface area contributed by atoms with Crippen LogP contribution in [0.2, 0.25) is 0 Å². The fourth-order valence-corrected chi connectivity index (χ4v) is 5.09. The van der Waals surface area contributed by atoms with Crippen LogP contribution in [0.5, 0.6) is 5.75 Å². The Kier molecular flexibility index (Phi) is 6.27. The second-order valence-corrected chi connectivity index (χ2v) is 8.84. The van der Waals surface area contributed by atoms with Crippen molar-refractivity contribution in [3.05, 3.63) is 47.3 Å². The van der Waals surface area contributed by atoms with E-state index in [0.29, 0.717) is 11.8 Å². The first-order chi connectivity index (χ1) is 14.6. The van der Waals surface area contributed by atoms with Crippen molar-refractivity contribution >= 4 is 17.5 Å². The van der Waals surface area contributed by atoms with E-state index in [4.69, 9.17) is 4.74 Å². The summed E-state index contributed by atoms with van der Waals surface area (Å²) in [7, 11) is 1.67. The summed E-state index contributed by atoms with van der Waals surface area (Å²) in [5, 5.41) is 9.84. The molecule has 1 saturated carbocycles. The fourth-order valence-electron chi connectivity index (χ4n) is 4.20. The molecule has 0 amide bonds. The van der Waals surface area contributed by atoms with Crippen LogP contribution >= 0.6 is 11.8 Å². The lowest BCUT2D eigenvalue weighted by molar-refractivity contribution is 0.102. The van der Waals surface area contributed by atoms with Gasteiger partial charge in [0.15, 0.2) is 16.8 Å². The highest BCUT2D eigenvalue weighted by molar-refractivity contribution is 7.99. The molecule has 2 heterocycles. The number of nitrogens with one attached hydrogen (secondary N) is 1. The van der Waals surface area contributed by atoms with E-state index in [0.717, 1.165) is 52.1 Å². The number of ketones is 1. The molecule has 1 aromatic carbocycles. The number of nitrogens with zero attached hydrogens (tertiary/aromatic N) is 3. The Labute approximate surface area is 181 Å². The average molecular weight is 425 g/mol. The Balaban J connectivity index is 1.61. The number of carbonyl (C=O) groups excluding carboxylic acids is 1. The summed E-state index contributed by atoms with van der Waals surface area (Å²) in [5.41, 5.74) is 3.71. The Bertz CT molecular complexity index is 1020. The zero-order valence-corrected chi connectivity index (χ0v) is 18.6. The summed E-state index contributed by atoms with van der Waals surface area (Å²) in [6.45, 7) is 3.91. The van der Waals surface area contributed by atoms with Gasteiger partial charge < -0.3 is 9.72 Å². The van der Waals surface area contributed by atoms with E-state index < -0.39 is 0 Å². The zero-order chi connectivity index (χ0) is 21.1. The molecule has 0 radical (unpaired) electrons. The molecule has 0 unspecified atom stereocenters. The van der Waals surface area contributed by atoms with E-state index in [1.807, 2.05) is 44.2 Å². The molecule has 158 valence electrons. The number of benzene rings is 1. The highest BCUT2D eigenvalue weighted by Crippen LogP contribution is 2.36. The largest absolute Gasteiger partial charge is 0.497 e. The van der Waals surface area contributed by atoms with Crippen LogP contribution in [0.3, 0.4) is 0 Å². The molecule has 1 N–H and O–H groups in total. The van der Waals surface area contributed by atoms with E-state index in [1.54, 1.807) is 7.11 Å². The second-order valence-electron chi connectivity index (χ2n) is 7.90. The number of H-pyrrole nitrogens is 1. The standard InChI is InChI=1S/C23H28N4O2S/c1-15-13-20(16(2)24-15)21(28)14-30-23-26-25-22(17-9-11-19(29-3)12-10-17)27(23)18-7-5-4-6-8-18/h9-13,18,24H,4-8,14H2,1-3H3. The van der Waals surface area contributed by atoms with Gasteiger partial charge in [-0.15, -0.1) is 10.2 Å². The van der Waals surface area contributed by atoms with Crippen molar-refractivity contribution in [2.24, 2.45) is 0 Å². The molecule has 1 aliphatic carbocycles. The number of aryl methyl sites for hydroxylation is 2. The van der Waals surface area contributed by atoms with Crippen LogP contribution in [-0.2, 0) is 0 Å². The number of hydrogen-bond donors (Lipinski definition) is 1. The minimum absolute atomic E-state index is 0.117. The maximum absolute atomic E-state index is 12.8. The van der Waals surface area contributed by atoms with Crippen molar-refractivity contribution in [1.29, 1.82) is 0 Å². The predicted octanol–water partition coefficient (Wildman–Crippen LogP) is 5.38. The molecule has 1 fully saturated rings. The molecule has 6 nitrogen and oxygen atoms in total. The summed E-state index contributed by atoms with van der Waals surface area (Å²) in [4.78, 5) is 16.0. The van der Waals surface area contributed by atoms with Gasteiger partial charge in [-0.1, -0.05) is 31.0 Å². The molecule has 3 aromatic rings. The second kappa shape index (κ2) is 9.08. The third-order valence-electron chi connectivity index (χ3n) is 5.73. The summed E-state index contributed by atoms with van der Waals surface area (Å²) < 4.78 is 7.55. The molecular weight excluding hydrogens is 396 g/mol. The molecule has 0 spiro atoms. The average Bonchev–Trinajstić information content (AvgIpc) is 3.35. The summed E-state index contributed by atoms with van der Waals surface area (Å²) in [6.07, 6.45) is 5.96. The summed E-state index contributed by atoms with van der Waals surface area (Å²) in [6, 6.07) is 10.2. The molecule has 0 bridgehead atoms. The maximum atomic E-state index is 12.8. The summed E-state index contributed by atoms with van der Waals surface area (Å²) >= 11 is 1.49. The van der Waals surface area contributed by atoms with Crippen LogP contribution in [0, 0.1) is 13.8 Å². The Hall–Kier alpha value is -2.54. The minimum atomic E-state index is 0.117. The van der Waals surface area contributed by atoms with Gasteiger partial charge in [-0.05, 0) is 57.0 Å². The number of ether oxygens (including phenoxy) is 1. The van der Waals surface area contributed by atoms with Crippen LogP contribution in [0.15, 0.2) is 35.5 Å². The van der Waals surface area contributed by atoms with E-state index in [1.165, 1.54) is 31.0 Å². The molecule has 1 aliphatic rings. The number of carbonyl (C=O) groups is 1. The first kappa shape index (κ1) is 20.7. The van der Waals surface area contributed by atoms with Crippen molar-refractivity contribution in [3.63, 3.8) is 0 Å². The first-order valence-electron chi connectivity index (χ1n) is 10.5. The molecule has 30 heavy (non-hydrogen) atoms. The van der Waals surface area contributed by atoms with E-state index >= 15 is 0 Å². The van der Waals surface area contributed by atoms with Gasteiger partial charge in [-0.3, -0.25) is 9.36 Å². The van der Waals surface area contributed by atoms with Crippen molar-refractivity contribution in [3.8, 4) is 17.1 Å². The third-order valence-corrected chi connectivity index (χ3v) is 6.68. The highest BCUT2D eigenvalue weighted by Gasteiger charge is 2.24. The molecule has 0 aliphatic heterocycles. The van der Waals surface area contributed by atoms with Crippen LogP contribution in [0.4, 0.5) is 0 Å². The Morgan fingerprint density at radius 2 is 1.90 bits per heavy atom. The van der Waals surface area contributed by atoms with Crippen LogP contribution < -0.4 is 4.74 Å². The fraction of sp³-hybridized carbons (Fsp3) is 0.435. The van der Waals surface area contributed by atoms with Gasteiger partial charge >= 0.3 is 0 Å².